The van der Waals surface area contributed by atoms with E-state index in [0.717, 1.165) is 11.1 Å². The van der Waals surface area contributed by atoms with Crippen LogP contribution in [0.15, 0.2) is 60.9 Å². The second kappa shape index (κ2) is 6.87. The Bertz CT molecular complexity index is 854. The lowest BCUT2D eigenvalue weighted by Gasteiger charge is -2.11. The molecule has 0 bridgehead atoms. The van der Waals surface area contributed by atoms with Crippen molar-refractivity contribution in [2.45, 2.75) is 6.92 Å². The molecule has 6 heteroatoms. The fraction of sp³-hybridized carbons (Fsp3) is 0.0556. The molecule has 0 saturated heterocycles. The fourth-order valence-corrected chi connectivity index (χ4v) is 2.28. The number of nitrogens with one attached hydrogen (secondary N) is 2. The normalized spacial score (nSPS) is 10.2. The van der Waals surface area contributed by atoms with E-state index in [1.165, 1.54) is 18.5 Å². The van der Waals surface area contributed by atoms with Crippen LogP contribution in [0.2, 0.25) is 0 Å². The molecule has 3 aromatic rings. The van der Waals surface area contributed by atoms with Gasteiger partial charge in [0.25, 0.3) is 5.91 Å². The Morgan fingerprint density at radius 3 is 2.42 bits per heavy atom. The Kier molecular flexibility index (Phi) is 4.47. The summed E-state index contributed by atoms with van der Waals surface area (Å²) in [4.78, 5) is 20.1. The zero-order valence-electron chi connectivity index (χ0n) is 13.0. The van der Waals surface area contributed by atoms with Crippen molar-refractivity contribution < 1.29 is 9.18 Å². The van der Waals surface area contributed by atoms with Crippen molar-refractivity contribution in [3.63, 3.8) is 0 Å². The number of nitrogens with zero attached hydrogens (tertiary/aromatic N) is 2. The fourth-order valence-electron chi connectivity index (χ4n) is 2.28. The molecular weight excluding hydrogens is 307 g/mol. The highest BCUT2D eigenvalue weighted by atomic mass is 19.1. The zero-order valence-corrected chi connectivity index (χ0v) is 13.0. The number of anilines is 1. The summed E-state index contributed by atoms with van der Waals surface area (Å²) in [5, 5.41) is 0. The van der Waals surface area contributed by atoms with Crippen LogP contribution in [0, 0.1) is 12.7 Å². The van der Waals surface area contributed by atoms with Crippen molar-refractivity contribution >= 4 is 11.9 Å². The zero-order chi connectivity index (χ0) is 16.9. The van der Waals surface area contributed by atoms with E-state index in [1.807, 2.05) is 30.3 Å². The molecule has 0 saturated carbocycles. The number of aryl methyl sites for hydroxylation is 1. The maximum Gasteiger partial charge on any atom is 0.272 e. The van der Waals surface area contributed by atoms with Crippen LogP contribution in [-0.2, 0) is 0 Å². The molecule has 0 atom stereocenters. The van der Waals surface area contributed by atoms with E-state index in [0.29, 0.717) is 5.56 Å². The summed E-state index contributed by atoms with van der Waals surface area (Å²) in [5.41, 5.74) is 7.01. The number of hydrogen-bond donors (Lipinski definition) is 2. The molecule has 0 radical (unpaired) electrons. The van der Waals surface area contributed by atoms with Crippen molar-refractivity contribution in [1.29, 1.82) is 0 Å². The van der Waals surface area contributed by atoms with Crippen LogP contribution in [0.3, 0.4) is 0 Å². The number of amides is 1. The molecule has 0 fully saturated rings. The molecule has 0 aliphatic heterocycles. The summed E-state index contributed by atoms with van der Waals surface area (Å²) in [5.74, 6) is -0.925. The summed E-state index contributed by atoms with van der Waals surface area (Å²) in [6.07, 6.45) is 3.06. The number of carbonyl (C=O) groups is 1. The number of benzene rings is 2. The molecule has 1 heterocycles. The average Bonchev–Trinajstić information content (AvgIpc) is 2.63. The van der Waals surface area contributed by atoms with E-state index in [-0.39, 0.29) is 11.5 Å². The summed E-state index contributed by atoms with van der Waals surface area (Å²) in [6, 6.07) is 14.4. The standard InChI is InChI=1S/C18H15FN4O/c1-12-10-14(13-6-3-2-4-7-13)11-15(16(12)19)17(24)22-23-18-20-8-5-9-21-18/h2-11H,1H3,(H,22,24)(H,20,21,23). The lowest BCUT2D eigenvalue weighted by molar-refractivity contribution is 0.0958. The quantitative estimate of drug-likeness (QED) is 0.723. The molecule has 1 amide bonds. The number of halogens is 1. The van der Waals surface area contributed by atoms with Gasteiger partial charge in [-0.25, -0.2) is 14.4 Å². The number of hydrogen-bond acceptors (Lipinski definition) is 4. The first-order valence-electron chi connectivity index (χ1n) is 7.34. The number of carbonyl (C=O) groups excluding carboxylic acids is 1. The van der Waals surface area contributed by atoms with Crippen molar-refractivity contribution in [2.24, 2.45) is 0 Å². The van der Waals surface area contributed by atoms with Gasteiger partial charge in [0.15, 0.2) is 0 Å². The van der Waals surface area contributed by atoms with E-state index < -0.39 is 11.7 Å². The number of aromatic nitrogens is 2. The van der Waals surface area contributed by atoms with Gasteiger partial charge in [0.05, 0.1) is 5.56 Å². The first-order valence-corrected chi connectivity index (χ1v) is 7.34. The minimum atomic E-state index is -0.596. The maximum absolute atomic E-state index is 14.4. The Hall–Kier alpha value is -3.28. The summed E-state index contributed by atoms with van der Waals surface area (Å²) in [7, 11) is 0. The van der Waals surface area contributed by atoms with Gasteiger partial charge in [0, 0.05) is 12.4 Å². The predicted octanol–water partition coefficient (Wildman–Crippen LogP) is 3.35. The molecule has 24 heavy (non-hydrogen) atoms. The molecule has 120 valence electrons. The van der Waals surface area contributed by atoms with Gasteiger partial charge in [-0.15, -0.1) is 0 Å². The first kappa shape index (κ1) is 15.6. The molecule has 0 aliphatic rings. The monoisotopic (exact) mass is 322 g/mol. The highest BCUT2D eigenvalue weighted by molar-refractivity contribution is 5.96. The maximum atomic E-state index is 14.4. The SMILES string of the molecule is Cc1cc(-c2ccccc2)cc(C(=O)NNc2ncccn2)c1F. The second-order valence-electron chi connectivity index (χ2n) is 5.17. The Balaban J connectivity index is 1.86. The minimum Gasteiger partial charge on any atom is -0.267 e. The van der Waals surface area contributed by atoms with E-state index in [9.17, 15) is 9.18 Å². The highest BCUT2D eigenvalue weighted by Gasteiger charge is 2.16. The van der Waals surface area contributed by atoms with Gasteiger partial charge in [0.1, 0.15) is 5.82 Å². The second-order valence-corrected chi connectivity index (χ2v) is 5.17. The van der Waals surface area contributed by atoms with Gasteiger partial charge in [-0.05, 0) is 41.8 Å². The summed E-state index contributed by atoms with van der Waals surface area (Å²) in [6.45, 7) is 1.63. The first-order chi connectivity index (χ1) is 11.6. The third-order valence-corrected chi connectivity index (χ3v) is 3.46. The minimum absolute atomic E-state index is 0.0442. The van der Waals surface area contributed by atoms with Crippen LogP contribution in [0.4, 0.5) is 10.3 Å². The lowest BCUT2D eigenvalue weighted by Crippen LogP contribution is -2.31. The Morgan fingerprint density at radius 1 is 1.00 bits per heavy atom. The van der Waals surface area contributed by atoms with Crippen molar-refractivity contribution in [1.82, 2.24) is 15.4 Å². The molecule has 0 unspecified atom stereocenters. The lowest BCUT2D eigenvalue weighted by atomic mass is 9.99. The number of rotatable bonds is 4. The van der Waals surface area contributed by atoms with Crippen LogP contribution >= 0.6 is 0 Å². The Morgan fingerprint density at radius 2 is 1.71 bits per heavy atom. The summed E-state index contributed by atoms with van der Waals surface area (Å²) >= 11 is 0. The van der Waals surface area contributed by atoms with Crippen molar-refractivity contribution in [2.75, 3.05) is 5.43 Å². The third-order valence-electron chi connectivity index (χ3n) is 3.46. The van der Waals surface area contributed by atoms with Crippen LogP contribution in [0.5, 0.6) is 0 Å². The average molecular weight is 322 g/mol. The summed E-state index contributed by atoms with van der Waals surface area (Å²) < 4.78 is 14.4. The topological polar surface area (TPSA) is 66.9 Å². The number of hydrazine groups is 1. The van der Waals surface area contributed by atoms with E-state index >= 15 is 0 Å². The molecule has 2 N–H and O–H groups in total. The van der Waals surface area contributed by atoms with Crippen LogP contribution < -0.4 is 10.9 Å². The van der Waals surface area contributed by atoms with E-state index in [2.05, 4.69) is 20.8 Å². The molecule has 1 aromatic heterocycles. The molecular formula is C18H15FN4O. The van der Waals surface area contributed by atoms with Gasteiger partial charge in [-0.3, -0.25) is 15.6 Å². The van der Waals surface area contributed by atoms with Gasteiger partial charge in [0.2, 0.25) is 5.95 Å². The van der Waals surface area contributed by atoms with E-state index in [1.54, 1.807) is 19.1 Å². The Labute approximate surface area is 138 Å². The van der Waals surface area contributed by atoms with Gasteiger partial charge in [-0.2, -0.15) is 0 Å². The predicted molar refractivity (Wildman–Crippen MR) is 89.7 cm³/mol. The van der Waals surface area contributed by atoms with Gasteiger partial charge >= 0.3 is 0 Å². The van der Waals surface area contributed by atoms with Crippen LogP contribution in [-0.4, -0.2) is 15.9 Å². The molecule has 0 aliphatic carbocycles. The molecule has 3 rings (SSSR count). The van der Waals surface area contributed by atoms with Crippen LogP contribution in [0.1, 0.15) is 15.9 Å². The molecule has 2 aromatic carbocycles. The van der Waals surface area contributed by atoms with E-state index in [4.69, 9.17) is 0 Å². The van der Waals surface area contributed by atoms with Gasteiger partial charge in [-0.1, -0.05) is 30.3 Å². The largest absolute Gasteiger partial charge is 0.272 e. The smallest absolute Gasteiger partial charge is 0.267 e. The van der Waals surface area contributed by atoms with Crippen molar-refractivity contribution in [3.05, 3.63) is 77.9 Å². The molecule has 0 spiro atoms. The third kappa shape index (κ3) is 3.38. The van der Waals surface area contributed by atoms with Crippen molar-refractivity contribution in [3.8, 4) is 11.1 Å². The van der Waals surface area contributed by atoms with Gasteiger partial charge < -0.3 is 0 Å². The van der Waals surface area contributed by atoms with Crippen LogP contribution in [0.25, 0.3) is 11.1 Å². The highest BCUT2D eigenvalue weighted by Crippen LogP contribution is 2.24. The molecule has 5 nitrogen and oxygen atoms in total.